The van der Waals surface area contributed by atoms with Gasteiger partial charge in [-0.1, -0.05) is 24.1 Å². The number of nitrogens with one attached hydrogen (secondary N) is 1. The SMILES string of the molecule is O=C(O)C1CCCC(C(=O)NCc2ccc(F)c(Cl)c2)C1. The number of aliphatic carboxylic acids is 1. The van der Waals surface area contributed by atoms with Crippen LogP contribution < -0.4 is 5.32 Å². The van der Waals surface area contributed by atoms with Gasteiger partial charge in [-0.2, -0.15) is 0 Å². The van der Waals surface area contributed by atoms with E-state index in [1.165, 1.54) is 12.1 Å². The van der Waals surface area contributed by atoms with E-state index in [2.05, 4.69) is 5.32 Å². The molecule has 4 nitrogen and oxygen atoms in total. The van der Waals surface area contributed by atoms with E-state index in [9.17, 15) is 14.0 Å². The Morgan fingerprint density at radius 3 is 2.71 bits per heavy atom. The van der Waals surface area contributed by atoms with Crippen molar-refractivity contribution in [3.8, 4) is 0 Å². The Morgan fingerprint density at radius 1 is 1.33 bits per heavy atom. The van der Waals surface area contributed by atoms with Crippen LogP contribution in [0.5, 0.6) is 0 Å². The van der Waals surface area contributed by atoms with Crippen molar-refractivity contribution in [2.45, 2.75) is 32.2 Å². The molecule has 1 fully saturated rings. The zero-order chi connectivity index (χ0) is 15.4. The molecular formula is C15H17ClFNO3. The first-order chi connectivity index (χ1) is 9.97. The molecular weight excluding hydrogens is 297 g/mol. The van der Waals surface area contributed by atoms with Gasteiger partial charge in [-0.15, -0.1) is 0 Å². The summed E-state index contributed by atoms with van der Waals surface area (Å²) in [5.74, 6) is -2.19. The normalized spacial score (nSPS) is 21.8. The van der Waals surface area contributed by atoms with Crippen LogP contribution in [0.3, 0.4) is 0 Å². The lowest BCUT2D eigenvalue weighted by Crippen LogP contribution is -2.35. The topological polar surface area (TPSA) is 66.4 Å². The first-order valence-electron chi connectivity index (χ1n) is 6.92. The van der Waals surface area contributed by atoms with Crippen LogP contribution in [0.4, 0.5) is 4.39 Å². The first kappa shape index (κ1) is 15.8. The molecule has 2 rings (SSSR count). The molecule has 0 aromatic heterocycles. The molecule has 1 aromatic carbocycles. The fourth-order valence-electron chi connectivity index (χ4n) is 2.64. The van der Waals surface area contributed by atoms with Crippen LogP contribution in [0.15, 0.2) is 18.2 Å². The highest BCUT2D eigenvalue weighted by atomic mass is 35.5. The molecule has 1 aliphatic carbocycles. The summed E-state index contributed by atoms with van der Waals surface area (Å²) in [4.78, 5) is 23.1. The van der Waals surface area contributed by atoms with Crippen molar-refractivity contribution in [1.29, 1.82) is 0 Å². The highest BCUT2D eigenvalue weighted by Gasteiger charge is 2.30. The Kier molecular flexibility index (Phi) is 5.17. The molecule has 0 spiro atoms. The van der Waals surface area contributed by atoms with Gasteiger partial charge in [-0.05, 0) is 37.0 Å². The minimum Gasteiger partial charge on any atom is -0.481 e. The number of benzene rings is 1. The van der Waals surface area contributed by atoms with Crippen LogP contribution in [0.25, 0.3) is 0 Å². The molecule has 0 saturated heterocycles. The lowest BCUT2D eigenvalue weighted by molar-refractivity contribution is -0.144. The predicted octanol–water partition coefficient (Wildman–Crippen LogP) is 2.99. The van der Waals surface area contributed by atoms with Gasteiger partial charge in [0.05, 0.1) is 10.9 Å². The van der Waals surface area contributed by atoms with Gasteiger partial charge in [0.2, 0.25) is 5.91 Å². The van der Waals surface area contributed by atoms with Gasteiger partial charge in [0.1, 0.15) is 5.82 Å². The predicted molar refractivity (Wildman–Crippen MR) is 76.3 cm³/mol. The lowest BCUT2D eigenvalue weighted by Gasteiger charge is -2.25. The lowest BCUT2D eigenvalue weighted by atomic mass is 9.81. The average Bonchev–Trinajstić information content (AvgIpc) is 2.48. The molecule has 1 amide bonds. The van der Waals surface area contributed by atoms with Crippen molar-refractivity contribution >= 4 is 23.5 Å². The van der Waals surface area contributed by atoms with Crippen molar-refractivity contribution in [1.82, 2.24) is 5.32 Å². The fourth-order valence-corrected chi connectivity index (χ4v) is 2.84. The third kappa shape index (κ3) is 4.17. The van der Waals surface area contributed by atoms with Gasteiger partial charge in [0.25, 0.3) is 0 Å². The van der Waals surface area contributed by atoms with Gasteiger partial charge in [-0.25, -0.2) is 4.39 Å². The molecule has 1 saturated carbocycles. The van der Waals surface area contributed by atoms with Gasteiger partial charge >= 0.3 is 5.97 Å². The van der Waals surface area contributed by atoms with Gasteiger partial charge < -0.3 is 10.4 Å². The minimum absolute atomic E-state index is 0.0188. The van der Waals surface area contributed by atoms with E-state index in [4.69, 9.17) is 16.7 Å². The summed E-state index contributed by atoms with van der Waals surface area (Å²) in [6.45, 7) is 0.257. The highest BCUT2D eigenvalue weighted by molar-refractivity contribution is 6.30. The van der Waals surface area contributed by atoms with Crippen LogP contribution in [0, 0.1) is 17.7 Å². The van der Waals surface area contributed by atoms with Gasteiger partial charge in [0.15, 0.2) is 0 Å². The van der Waals surface area contributed by atoms with E-state index in [1.54, 1.807) is 6.07 Å². The number of carbonyl (C=O) groups is 2. The molecule has 0 heterocycles. The van der Waals surface area contributed by atoms with E-state index in [0.717, 1.165) is 6.42 Å². The van der Waals surface area contributed by atoms with E-state index in [1.807, 2.05) is 0 Å². The van der Waals surface area contributed by atoms with Crippen LogP contribution in [-0.2, 0) is 16.1 Å². The second-order valence-corrected chi connectivity index (χ2v) is 5.77. The first-order valence-corrected chi connectivity index (χ1v) is 7.29. The quantitative estimate of drug-likeness (QED) is 0.898. The maximum Gasteiger partial charge on any atom is 0.306 e. The summed E-state index contributed by atoms with van der Waals surface area (Å²) >= 11 is 5.68. The standard InChI is InChI=1S/C15H17ClFNO3/c16-12-6-9(4-5-13(12)17)8-18-14(19)10-2-1-3-11(7-10)15(20)21/h4-6,10-11H,1-3,7-8H2,(H,18,19)(H,20,21). The van der Waals surface area contributed by atoms with Crippen LogP contribution >= 0.6 is 11.6 Å². The van der Waals surface area contributed by atoms with Crippen molar-refractivity contribution in [3.05, 3.63) is 34.6 Å². The van der Waals surface area contributed by atoms with E-state index < -0.39 is 17.7 Å². The second-order valence-electron chi connectivity index (χ2n) is 5.36. The van der Waals surface area contributed by atoms with Gasteiger partial charge in [-0.3, -0.25) is 9.59 Å². The summed E-state index contributed by atoms with van der Waals surface area (Å²) in [6, 6.07) is 4.28. The fraction of sp³-hybridized carbons (Fsp3) is 0.467. The molecule has 2 N–H and O–H groups in total. The molecule has 0 aliphatic heterocycles. The number of carbonyl (C=O) groups excluding carboxylic acids is 1. The van der Waals surface area contributed by atoms with Crippen molar-refractivity contribution in [2.75, 3.05) is 0 Å². The van der Waals surface area contributed by atoms with Crippen molar-refractivity contribution < 1.29 is 19.1 Å². The maximum absolute atomic E-state index is 13.0. The molecule has 0 radical (unpaired) electrons. The molecule has 114 valence electrons. The number of carboxylic acid groups (broad SMARTS) is 1. The Morgan fingerprint density at radius 2 is 2.05 bits per heavy atom. The summed E-state index contributed by atoms with van der Waals surface area (Å²) < 4.78 is 13.0. The largest absolute Gasteiger partial charge is 0.481 e. The zero-order valence-corrected chi connectivity index (χ0v) is 12.2. The molecule has 0 bridgehead atoms. The third-order valence-corrected chi connectivity index (χ3v) is 4.13. The Hall–Kier alpha value is -1.62. The zero-order valence-electron chi connectivity index (χ0n) is 11.4. The smallest absolute Gasteiger partial charge is 0.306 e. The molecule has 21 heavy (non-hydrogen) atoms. The molecule has 2 atom stereocenters. The van der Waals surface area contributed by atoms with Crippen molar-refractivity contribution in [2.24, 2.45) is 11.8 Å². The number of carboxylic acids is 1. The summed E-state index contributed by atoms with van der Waals surface area (Å²) in [5, 5.41) is 11.8. The number of rotatable bonds is 4. The highest BCUT2D eigenvalue weighted by Crippen LogP contribution is 2.29. The summed E-state index contributed by atoms with van der Waals surface area (Å²) in [5.41, 5.74) is 0.709. The Labute approximate surface area is 127 Å². The van der Waals surface area contributed by atoms with E-state index in [-0.39, 0.29) is 23.4 Å². The molecule has 1 aliphatic rings. The van der Waals surface area contributed by atoms with E-state index in [0.29, 0.717) is 24.8 Å². The second kappa shape index (κ2) is 6.89. The minimum atomic E-state index is -0.835. The molecule has 1 aromatic rings. The third-order valence-electron chi connectivity index (χ3n) is 3.84. The molecule has 2 unspecified atom stereocenters. The number of amides is 1. The van der Waals surface area contributed by atoms with Crippen LogP contribution in [0.2, 0.25) is 5.02 Å². The Bertz CT molecular complexity index is 550. The van der Waals surface area contributed by atoms with Crippen molar-refractivity contribution in [3.63, 3.8) is 0 Å². The van der Waals surface area contributed by atoms with E-state index >= 15 is 0 Å². The number of hydrogen-bond donors (Lipinski definition) is 2. The van der Waals surface area contributed by atoms with Gasteiger partial charge in [0, 0.05) is 12.5 Å². The number of halogens is 2. The van der Waals surface area contributed by atoms with Crippen LogP contribution in [-0.4, -0.2) is 17.0 Å². The van der Waals surface area contributed by atoms with Crippen LogP contribution in [0.1, 0.15) is 31.2 Å². The summed E-state index contributed by atoms with van der Waals surface area (Å²) in [6.07, 6.45) is 2.47. The average molecular weight is 314 g/mol. The number of hydrogen-bond acceptors (Lipinski definition) is 2. The molecule has 6 heteroatoms. The summed E-state index contributed by atoms with van der Waals surface area (Å²) in [7, 11) is 0. The Balaban J connectivity index is 1.89. The monoisotopic (exact) mass is 313 g/mol. The maximum atomic E-state index is 13.0.